The molecule has 0 aromatic heterocycles. The summed E-state index contributed by atoms with van der Waals surface area (Å²) < 4.78 is 0. The first-order valence-electron chi connectivity index (χ1n) is 4.24. The van der Waals surface area contributed by atoms with Gasteiger partial charge >= 0.3 is 6.03 Å². The lowest BCUT2D eigenvalue weighted by atomic mass is 10.4. The van der Waals surface area contributed by atoms with Crippen LogP contribution in [0.5, 0.6) is 0 Å². The van der Waals surface area contributed by atoms with E-state index in [-0.39, 0.29) is 11.8 Å². The van der Waals surface area contributed by atoms with E-state index in [1.165, 1.54) is 5.06 Å². The van der Waals surface area contributed by atoms with Crippen LogP contribution >= 0.6 is 0 Å². The van der Waals surface area contributed by atoms with E-state index in [1.54, 1.807) is 0 Å². The molecular weight excluding hydrogens is 172 g/mol. The summed E-state index contributed by atoms with van der Waals surface area (Å²) in [6.45, 7) is 5.76. The predicted molar refractivity (Wildman–Crippen MR) is 51.7 cm³/mol. The van der Waals surface area contributed by atoms with Gasteiger partial charge in [-0.05, 0) is 20.3 Å². The number of urea groups is 1. The second kappa shape index (κ2) is 5.16. The number of hydroxylamine groups is 2. The lowest BCUT2D eigenvalue weighted by molar-refractivity contribution is -0.155. The number of carbonyl (C=O) groups excluding carboxylic acids is 1. The number of primary amides is 1. The molecule has 0 bridgehead atoms. The molecule has 0 spiro atoms. The van der Waals surface area contributed by atoms with Crippen LogP contribution in [-0.4, -0.2) is 33.1 Å². The fourth-order valence-corrected chi connectivity index (χ4v) is 1.14. The van der Waals surface area contributed by atoms with Crippen molar-refractivity contribution in [3.63, 3.8) is 0 Å². The standard InChI is InChI=1S/C7H18N2O2Si/c1-4-6(12)9(7(8)10)11-5(2)3/h5-6H,4H2,1-3,12H3,(H2,8,10). The van der Waals surface area contributed by atoms with E-state index in [4.69, 9.17) is 10.6 Å². The zero-order valence-electron chi connectivity index (χ0n) is 8.20. The average Bonchev–Trinajstić information content (AvgIpc) is 1.98. The van der Waals surface area contributed by atoms with Gasteiger partial charge in [0.15, 0.2) is 0 Å². The van der Waals surface area contributed by atoms with Gasteiger partial charge < -0.3 is 5.73 Å². The summed E-state index contributed by atoms with van der Waals surface area (Å²) in [5.74, 6) is 0. The van der Waals surface area contributed by atoms with Crippen molar-refractivity contribution >= 4 is 16.3 Å². The van der Waals surface area contributed by atoms with Crippen LogP contribution in [0, 0.1) is 0 Å². The van der Waals surface area contributed by atoms with Gasteiger partial charge in [-0.25, -0.2) is 9.86 Å². The van der Waals surface area contributed by atoms with Crippen LogP contribution in [0.2, 0.25) is 0 Å². The van der Waals surface area contributed by atoms with E-state index in [0.717, 1.165) is 16.7 Å². The maximum absolute atomic E-state index is 10.9. The van der Waals surface area contributed by atoms with E-state index < -0.39 is 6.03 Å². The number of rotatable bonds is 4. The third-order valence-electron chi connectivity index (χ3n) is 1.53. The molecule has 0 aliphatic carbocycles. The average molecular weight is 190 g/mol. The van der Waals surface area contributed by atoms with Crippen LogP contribution in [0.15, 0.2) is 0 Å². The van der Waals surface area contributed by atoms with Gasteiger partial charge in [-0.2, -0.15) is 0 Å². The van der Waals surface area contributed by atoms with Gasteiger partial charge in [-0.1, -0.05) is 6.92 Å². The SMILES string of the molecule is CCC([SiH3])N(OC(C)C)C(N)=O. The molecule has 1 unspecified atom stereocenters. The van der Waals surface area contributed by atoms with E-state index in [2.05, 4.69) is 0 Å². The highest BCUT2D eigenvalue weighted by atomic mass is 28.1. The fraction of sp³-hybridized carbons (Fsp3) is 0.857. The lowest BCUT2D eigenvalue weighted by Crippen LogP contribution is -2.45. The molecule has 0 rings (SSSR count). The molecule has 0 fully saturated rings. The minimum absolute atomic E-state index is 0.000463. The number of hydrogen-bond donors (Lipinski definition) is 1. The van der Waals surface area contributed by atoms with Gasteiger partial charge in [0.1, 0.15) is 0 Å². The Balaban J connectivity index is 4.13. The minimum atomic E-state index is -0.495. The van der Waals surface area contributed by atoms with E-state index in [9.17, 15) is 4.79 Å². The van der Waals surface area contributed by atoms with Gasteiger partial charge in [0.25, 0.3) is 0 Å². The Morgan fingerprint density at radius 1 is 1.67 bits per heavy atom. The van der Waals surface area contributed by atoms with Crippen LogP contribution in [0.3, 0.4) is 0 Å². The molecule has 2 N–H and O–H groups in total. The van der Waals surface area contributed by atoms with Gasteiger partial charge in [-0.3, -0.25) is 4.84 Å². The zero-order chi connectivity index (χ0) is 9.72. The molecule has 0 aromatic rings. The Kier molecular flexibility index (Phi) is 4.92. The highest BCUT2D eigenvalue weighted by Gasteiger charge is 2.17. The molecule has 12 heavy (non-hydrogen) atoms. The highest BCUT2D eigenvalue weighted by Crippen LogP contribution is 2.03. The summed E-state index contributed by atoms with van der Waals surface area (Å²) in [6, 6.07) is -0.495. The second-order valence-electron chi connectivity index (χ2n) is 3.08. The zero-order valence-corrected chi connectivity index (χ0v) is 10.2. The Morgan fingerprint density at radius 2 is 2.17 bits per heavy atom. The van der Waals surface area contributed by atoms with E-state index in [0.29, 0.717) is 0 Å². The summed E-state index contributed by atoms with van der Waals surface area (Å²) in [4.78, 5) is 16.1. The maximum atomic E-state index is 10.9. The maximum Gasteiger partial charge on any atom is 0.338 e. The number of hydrogen-bond acceptors (Lipinski definition) is 2. The molecule has 0 saturated carbocycles. The van der Waals surface area contributed by atoms with Crippen LogP contribution in [0.25, 0.3) is 0 Å². The third-order valence-corrected chi connectivity index (χ3v) is 2.82. The number of amides is 2. The summed E-state index contributed by atoms with van der Waals surface area (Å²) in [7, 11) is 0.876. The molecule has 2 amide bonds. The number of nitrogens with zero attached hydrogens (tertiary/aromatic N) is 1. The molecule has 0 aliphatic heterocycles. The third kappa shape index (κ3) is 3.73. The van der Waals surface area contributed by atoms with Crippen molar-refractivity contribution in [3.8, 4) is 0 Å². The van der Waals surface area contributed by atoms with Gasteiger partial charge in [0.2, 0.25) is 0 Å². The second-order valence-corrected chi connectivity index (χ2v) is 4.41. The van der Waals surface area contributed by atoms with Gasteiger partial charge in [0, 0.05) is 15.9 Å². The fourth-order valence-electron chi connectivity index (χ4n) is 0.766. The Bertz CT molecular complexity index is 152. The number of carbonyl (C=O) groups is 1. The first-order chi connectivity index (χ1) is 5.49. The van der Waals surface area contributed by atoms with Gasteiger partial charge in [-0.15, -0.1) is 0 Å². The molecule has 0 heterocycles. The van der Waals surface area contributed by atoms with Crippen molar-refractivity contribution in [2.24, 2.45) is 5.73 Å². The van der Waals surface area contributed by atoms with Crippen molar-refractivity contribution in [2.45, 2.75) is 39.0 Å². The minimum Gasteiger partial charge on any atom is -0.350 e. The smallest absolute Gasteiger partial charge is 0.338 e. The Labute approximate surface area is 76.4 Å². The summed E-state index contributed by atoms with van der Waals surface area (Å²) in [5, 5.41) is 1.29. The van der Waals surface area contributed by atoms with Crippen molar-refractivity contribution in [1.29, 1.82) is 0 Å². The molecule has 0 radical (unpaired) electrons. The largest absolute Gasteiger partial charge is 0.350 e. The van der Waals surface area contributed by atoms with Crippen LogP contribution < -0.4 is 5.73 Å². The molecule has 0 aliphatic rings. The van der Waals surface area contributed by atoms with E-state index in [1.807, 2.05) is 20.8 Å². The van der Waals surface area contributed by atoms with E-state index >= 15 is 0 Å². The molecule has 0 saturated heterocycles. The lowest BCUT2D eigenvalue weighted by Gasteiger charge is -2.27. The van der Waals surface area contributed by atoms with Crippen LogP contribution in [0.1, 0.15) is 27.2 Å². The highest BCUT2D eigenvalue weighted by molar-refractivity contribution is 6.12. The molecule has 0 aromatic carbocycles. The summed E-state index contributed by atoms with van der Waals surface area (Å²) >= 11 is 0. The van der Waals surface area contributed by atoms with Crippen molar-refractivity contribution < 1.29 is 9.63 Å². The summed E-state index contributed by atoms with van der Waals surface area (Å²) in [5.41, 5.74) is 5.32. The molecule has 72 valence electrons. The van der Waals surface area contributed by atoms with Crippen LogP contribution in [-0.2, 0) is 4.84 Å². The van der Waals surface area contributed by atoms with Gasteiger partial charge in [0.05, 0.1) is 6.10 Å². The predicted octanol–water partition coefficient (Wildman–Crippen LogP) is -0.191. The molecule has 5 heteroatoms. The Morgan fingerprint density at radius 3 is 2.42 bits per heavy atom. The molecular formula is C7H18N2O2Si. The topological polar surface area (TPSA) is 55.6 Å². The Hall–Kier alpha value is -0.553. The first kappa shape index (κ1) is 11.4. The normalized spacial score (nSPS) is 13.3. The first-order valence-corrected chi connectivity index (χ1v) is 5.39. The molecule has 1 atom stereocenters. The quantitative estimate of drug-likeness (QED) is 0.493. The number of nitrogens with two attached hydrogens (primary N) is 1. The van der Waals surface area contributed by atoms with Crippen molar-refractivity contribution in [1.82, 2.24) is 5.06 Å². The van der Waals surface area contributed by atoms with Crippen LogP contribution in [0.4, 0.5) is 4.79 Å². The molecule has 4 nitrogen and oxygen atoms in total. The van der Waals surface area contributed by atoms with Crippen molar-refractivity contribution in [3.05, 3.63) is 0 Å². The monoisotopic (exact) mass is 190 g/mol. The van der Waals surface area contributed by atoms with Crippen molar-refractivity contribution in [2.75, 3.05) is 0 Å². The summed E-state index contributed by atoms with van der Waals surface area (Å²) in [6.07, 6.45) is 0.891.